The first kappa shape index (κ1) is 14.3. The van der Waals surface area contributed by atoms with Crippen molar-refractivity contribution in [3.63, 3.8) is 0 Å². The third kappa shape index (κ3) is 3.02. The van der Waals surface area contributed by atoms with Crippen LogP contribution in [0.5, 0.6) is 0 Å². The van der Waals surface area contributed by atoms with Crippen molar-refractivity contribution in [3.8, 4) is 22.3 Å². The van der Waals surface area contributed by atoms with E-state index in [0.29, 0.717) is 10.6 Å². The summed E-state index contributed by atoms with van der Waals surface area (Å²) in [6.07, 6.45) is 0. The topological polar surface area (TPSA) is 0 Å². The molecule has 3 aromatic carbocycles. The quantitative estimate of drug-likeness (QED) is 0.497. The van der Waals surface area contributed by atoms with Gasteiger partial charge in [0, 0.05) is 20.6 Å². The molecule has 0 aliphatic heterocycles. The normalized spacial score (nSPS) is 10.6. The van der Waals surface area contributed by atoms with E-state index in [2.05, 4.69) is 22.0 Å². The average molecular weight is 361 g/mol. The molecule has 0 fully saturated rings. The summed E-state index contributed by atoms with van der Waals surface area (Å²) in [5.74, 6) is -0.252. The van der Waals surface area contributed by atoms with Gasteiger partial charge in [-0.05, 0) is 35.4 Å². The Balaban J connectivity index is 2.07. The first-order chi connectivity index (χ1) is 10.1. The molecule has 0 unspecified atom stereocenters. The molecule has 0 amide bonds. The monoisotopic (exact) mass is 359 g/mol. The van der Waals surface area contributed by atoms with Gasteiger partial charge in [0.1, 0.15) is 5.82 Å². The van der Waals surface area contributed by atoms with Crippen LogP contribution in [0.1, 0.15) is 0 Å². The Kier molecular flexibility index (Phi) is 4.09. The van der Waals surface area contributed by atoms with E-state index >= 15 is 0 Å². The van der Waals surface area contributed by atoms with Gasteiger partial charge in [-0.15, -0.1) is 0 Å². The van der Waals surface area contributed by atoms with Gasteiger partial charge in [-0.25, -0.2) is 4.39 Å². The summed E-state index contributed by atoms with van der Waals surface area (Å²) in [4.78, 5) is 0. The molecule has 3 heteroatoms. The van der Waals surface area contributed by atoms with Crippen molar-refractivity contribution >= 4 is 27.5 Å². The number of hydrogen-bond acceptors (Lipinski definition) is 0. The molecule has 0 aliphatic rings. The number of benzene rings is 3. The molecule has 3 aromatic rings. The smallest absolute Gasteiger partial charge is 0.131 e. The highest BCUT2D eigenvalue weighted by Crippen LogP contribution is 2.33. The van der Waals surface area contributed by atoms with Crippen LogP contribution in [-0.2, 0) is 0 Å². The molecule has 0 N–H and O–H groups in total. The van der Waals surface area contributed by atoms with E-state index in [-0.39, 0.29) is 5.82 Å². The van der Waals surface area contributed by atoms with Gasteiger partial charge in [-0.2, -0.15) is 0 Å². The lowest BCUT2D eigenvalue weighted by molar-refractivity contribution is 0.631. The standard InChI is InChI=1S/C18H10BrClF/c19-14-5-3-4-12(10-14)15-9-8-13(11-17(15)20)16-6-1-2-7-18(16)21/h1-4,6-11H. The number of rotatable bonds is 2. The van der Waals surface area contributed by atoms with E-state index < -0.39 is 0 Å². The molecule has 0 spiro atoms. The molecule has 0 heterocycles. The van der Waals surface area contributed by atoms with Crippen LogP contribution in [0, 0.1) is 11.9 Å². The number of halogens is 3. The second-order valence-corrected chi connectivity index (χ2v) is 5.86. The summed E-state index contributed by atoms with van der Waals surface area (Å²) in [6, 6.07) is 21.0. The maximum atomic E-state index is 13.8. The predicted molar refractivity (Wildman–Crippen MR) is 88.8 cm³/mol. The Labute approximate surface area is 136 Å². The van der Waals surface area contributed by atoms with Crippen LogP contribution in [0.25, 0.3) is 22.3 Å². The Bertz CT molecular complexity index is 799. The Morgan fingerprint density at radius 3 is 2.38 bits per heavy atom. The molecule has 0 nitrogen and oxygen atoms in total. The Morgan fingerprint density at radius 1 is 0.905 bits per heavy atom. The van der Waals surface area contributed by atoms with E-state index in [4.69, 9.17) is 11.6 Å². The van der Waals surface area contributed by atoms with E-state index in [1.807, 2.05) is 36.4 Å². The fraction of sp³-hybridized carbons (Fsp3) is 0. The van der Waals surface area contributed by atoms with Crippen LogP contribution in [0.2, 0.25) is 5.02 Å². The van der Waals surface area contributed by atoms with Crippen molar-refractivity contribution in [1.82, 2.24) is 0 Å². The summed E-state index contributed by atoms with van der Waals surface area (Å²) in [7, 11) is 0. The molecule has 3 rings (SSSR count). The third-order valence-electron chi connectivity index (χ3n) is 3.23. The zero-order chi connectivity index (χ0) is 14.8. The van der Waals surface area contributed by atoms with Crippen molar-refractivity contribution in [2.75, 3.05) is 0 Å². The molecule has 1 radical (unpaired) electrons. The van der Waals surface area contributed by atoms with E-state index in [1.54, 1.807) is 18.2 Å². The van der Waals surface area contributed by atoms with Gasteiger partial charge in [-0.1, -0.05) is 70.0 Å². The van der Waals surface area contributed by atoms with Crippen LogP contribution in [-0.4, -0.2) is 0 Å². The minimum Gasteiger partial charge on any atom is -0.206 e. The first-order valence-corrected chi connectivity index (χ1v) is 7.54. The van der Waals surface area contributed by atoms with Crippen molar-refractivity contribution in [3.05, 3.63) is 82.0 Å². The van der Waals surface area contributed by atoms with Gasteiger partial charge in [-0.3, -0.25) is 0 Å². The maximum Gasteiger partial charge on any atom is 0.131 e. The lowest BCUT2D eigenvalue weighted by Gasteiger charge is -2.09. The van der Waals surface area contributed by atoms with Crippen molar-refractivity contribution in [2.24, 2.45) is 0 Å². The fourth-order valence-electron chi connectivity index (χ4n) is 2.22. The minimum absolute atomic E-state index is 0.252. The lowest BCUT2D eigenvalue weighted by Crippen LogP contribution is -1.86. The van der Waals surface area contributed by atoms with Crippen LogP contribution in [0.15, 0.2) is 65.1 Å². The highest BCUT2D eigenvalue weighted by molar-refractivity contribution is 9.10. The second kappa shape index (κ2) is 6.00. The van der Waals surface area contributed by atoms with Crippen molar-refractivity contribution in [1.29, 1.82) is 0 Å². The summed E-state index contributed by atoms with van der Waals surface area (Å²) in [5, 5.41) is 0.592. The van der Waals surface area contributed by atoms with E-state index in [1.165, 1.54) is 6.07 Å². The molecular weight excluding hydrogens is 351 g/mol. The average Bonchev–Trinajstić information content (AvgIpc) is 2.47. The predicted octanol–water partition coefficient (Wildman–Crippen LogP) is 6.38. The van der Waals surface area contributed by atoms with Crippen molar-refractivity contribution in [2.45, 2.75) is 0 Å². The molecular formula is C18H10BrClF. The Morgan fingerprint density at radius 2 is 1.67 bits per heavy atom. The highest BCUT2D eigenvalue weighted by atomic mass is 79.9. The van der Waals surface area contributed by atoms with Gasteiger partial charge in [0.15, 0.2) is 0 Å². The van der Waals surface area contributed by atoms with Crippen LogP contribution >= 0.6 is 27.5 Å². The van der Waals surface area contributed by atoms with E-state index in [0.717, 1.165) is 21.2 Å². The summed E-state index contributed by atoms with van der Waals surface area (Å²) in [6.45, 7) is 0. The van der Waals surface area contributed by atoms with Gasteiger partial charge in [0.25, 0.3) is 0 Å². The summed E-state index contributed by atoms with van der Waals surface area (Å²) >= 11 is 9.77. The van der Waals surface area contributed by atoms with Crippen molar-refractivity contribution < 1.29 is 4.39 Å². The molecule has 21 heavy (non-hydrogen) atoms. The van der Waals surface area contributed by atoms with Gasteiger partial charge >= 0.3 is 0 Å². The zero-order valence-electron chi connectivity index (χ0n) is 10.9. The molecule has 0 aromatic heterocycles. The molecule has 0 saturated carbocycles. The van der Waals surface area contributed by atoms with Crippen LogP contribution in [0.3, 0.4) is 0 Å². The van der Waals surface area contributed by atoms with Gasteiger partial charge in [0.2, 0.25) is 0 Å². The summed E-state index contributed by atoms with van der Waals surface area (Å²) in [5.41, 5.74) is 3.22. The first-order valence-electron chi connectivity index (χ1n) is 6.37. The molecule has 0 bridgehead atoms. The lowest BCUT2D eigenvalue weighted by atomic mass is 10.00. The third-order valence-corrected chi connectivity index (χ3v) is 4.00. The minimum atomic E-state index is -0.252. The SMILES string of the molecule is Fc1ccccc1-c1ccc(-c2cc[c]c(Br)c2)c(Cl)c1. The second-order valence-electron chi connectivity index (χ2n) is 4.60. The van der Waals surface area contributed by atoms with E-state index in [9.17, 15) is 4.39 Å². The van der Waals surface area contributed by atoms with Gasteiger partial charge < -0.3 is 0 Å². The van der Waals surface area contributed by atoms with Gasteiger partial charge in [0.05, 0.1) is 0 Å². The fourth-order valence-corrected chi connectivity index (χ4v) is 2.89. The van der Waals surface area contributed by atoms with Crippen LogP contribution in [0.4, 0.5) is 4.39 Å². The Hall–Kier alpha value is -1.64. The van der Waals surface area contributed by atoms with Crippen LogP contribution < -0.4 is 0 Å². The number of hydrogen-bond donors (Lipinski definition) is 0. The molecule has 103 valence electrons. The maximum absolute atomic E-state index is 13.8. The highest BCUT2D eigenvalue weighted by Gasteiger charge is 2.09. The molecule has 0 saturated heterocycles. The molecule has 0 aliphatic carbocycles. The summed E-state index contributed by atoms with van der Waals surface area (Å²) < 4.78 is 14.7. The largest absolute Gasteiger partial charge is 0.206 e. The zero-order valence-corrected chi connectivity index (χ0v) is 13.2. The molecule has 0 atom stereocenters.